The number of esters is 3. The lowest BCUT2D eigenvalue weighted by Crippen LogP contribution is -2.37. The minimum atomic E-state index is -0.759. The summed E-state index contributed by atoms with van der Waals surface area (Å²) in [5.41, 5.74) is 3.77. The van der Waals surface area contributed by atoms with Gasteiger partial charge in [-0.2, -0.15) is 0 Å². The van der Waals surface area contributed by atoms with Gasteiger partial charge in [-0.25, -0.2) is 14.4 Å². The van der Waals surface area contributed by atoms with Crippen molar-refractivity contribution in [1.29, 1.82) is 0 Å². The number of rotatable bonds is 12. The summed E-state index contributed by atoms with van der Waals surface area (Å²) < 4.78 is 16.1. The largest absolute Gasteiger partial charge is 0.463 e. The molecule has 0 saturated carbocycles. The van der Waals surface area contributed by atoms with Crippen molar-refractivity contribution in [2.45, 2.75) is 53.9 Å². The molecule has 1 atom stereocenters. The Balaban J connectivity index is 0.00000684. The molecule has 1 aromatic carbocycles. The molecule has 2 N–H and O–H groups in total. The van der Waals surface area contributed by atoms with Crippen LogP contribution in [0.2, 0.25) is 0 Å². The number of nitrogens with one attached hydrogen (secondary N) is 2. The molecule has 1 aliphatic heterocycles. The van der Waals surface area contributed by atoms with Gasteiger partial charge < -0.3 is 24.8 Å². The molecule has 0 saturated heterocycles. The Morgan fingerprint density at radius 2 is 1.51 bits per heavy atom. The standard InChI is InChI=1S/C28H38N2O6.ClH/c1-7-19(26(31)34-9-3)16-20-14-12-13-15-21(20)24-23(27(32)35-10-4)18(6)30-22(17-29-8-2)25(24)28(33)36-11-5;/h12-16,24,29-30H,7-11,17H2,1-6H3;1H/b19-16+;. The Hall–Kier alpha value is -3.10. The van der Waals surface area contributed by atoms with E-state index in [-0.39, 0.29) is 32.2 Å². The van der Waals surface area contributed by atoms with Crippen LogP contribution >= 0.6 is 12.4 Å². The van der Waals surface area contributed by atoms with Crippen molar-refractivity contribution in [3.8, 4) is 0 Å². The highest BCUT2D eigenvalue weighted by atomic mass is 35.5. The number of hydrogen-bond donors (Lipinski definition) is 2. The summed E-state index contributed by atoms with van der Waals surface area (Å²) in [6.45, 7) is 12.6. The minimum absolute atomic E-state index is 0. The van der Waals surface area contributed by atoms with Gasteiger partial charge >= 0.3 is 17.9 Å². The Morgan fingerprint density at radius 3 is 2.08 bits per heavy atom. The third kappa shape index (κ3) is 7.94. The van der Waals surface area contributed by atoms with Gasteiger partial charge in [0.15, 0.2) is 0 Å². The van der Waals surface area contributed by atoms with Crippen LogP contribution in [0.4, 0.5) is 0 Å². The zero-order chi connectivity index (χ0) is 26.7. The molecule has 1 aromatic rings. The van der Waals surface area contributed by atoms with Gasteiger partial charge in [0.25, 0.3) is 0 Å². The van der Waals surface area contributed by atoms with E-state index >= 15 is 0 Å². The van der Waals surface area contributed by atoms with Gasteiger partial charge in [-0.05, 0) is 57.9 Å². The summed E-state index contributed by atoms with van der Waals surface area (Å²) in [5.74, 6) is -2.19. The lowest BCUT2D eigenvalue weighted by Gasteiger charge is -2.32. The fourth-order valence-electron chi connectivity index (χ4n) is 4.15. The number of ether oxygens (including phenoxy) is 3. The summed E-state index contributed by atoms with van der Waals surface area (Å²) in [6, 6.07) is 7.41. The van der Waals surface area contributed by atoms with Crippen molar-refractivity contribution < 1.29 is 28.6 Å². The predicted molar refractivity (Wildman–Crippen MR) is 146 cm³/mol. The molecule has 37 heavy (non-hydrogen) atoms. The first-order chi connectivity index (χ1) is 17.3. The van der Waals surface area contributed by atoms with Crippen molar-refractivity contribution in [3.63, 3.8) is 0 Å². The summed E-state index contributed by atoms with van der Waals surface area (Å²) in [4.78, 5) is 39.1. The lowest BCUT2D eigenvalue weighted by molar-refractivity contribution is -0.140. The van der Waals surface area contributed by atoms with Crippen LogP contribution in [0.1, 0.15) is 65.0 Å². The normalized spacial score (nSPS) is 15.5. The van der Waals surface area contributed by atoms with E-state index in [9.17, 15) is 14.4 Å². The monoisotopic (exact) mass is 534 g/mol. The van der Waals surface area contributed by atoms with E-state index in [1.54, 1.807) is 33.8 Å². The summed E-state index contributed by atoms with van der Waals surface area (Å²) in [7, 11) is 0. The van der Waals surface area contributed by atoms with Crippen LogP contribution in [-0.4, -0.2) is 50.8 Å². The average Bonchev–Trinajstić information content (AvgIpc) is 2.86. The van der Waals surface area contributed by atoms with Gasteiger partial charge in [0.1, 0.15) is 0 Å². The summed E-state index contributed by atoms with van der Waals surface area (Å²) in [6.07, 6.45) is 2.23. The SMILES string of the molecule is CCNCC1=C(C(=O)OCC)C(c2ccccc2/C=C(\CC)C(=O)OCC)C(C(=O)OCC)=C(C)N1.Cl. The second-order valence-electron chi connectivity index (χ2n) is 8.08. The molecule has 0 bridgehead atoms. The molecular formula is C28H39ClN2O6. The molecule has 0 amide bonds. The topological polar surface area (TPSA) is 103 Å². The number of likely N-dealkylation sites (N-methyl/N-ethyl adjacent to an activating group) is 1. The van der Waals surface area contributed by atoms with Gasteiger partial charge in [0.05, 0.1) is 36.9 Å². The van der Waals surface area contributed by atoms with E-state index in [0.717, 1.165) is 0 Å². The number of carbonyl (C=O) groups is 3. The fourth-order valence-corrected chi connectivity index (χ4v) is 4.15. The van der Waals surface area contributed by atoms with E-state index in [2.05, 4.69) is 10.6 Å². The zero-order valence-electron chi connectivity index (χ0n) is 22.6. The maximum Gasteiger partial charge on any atom is 0.336 e. The fraction of sp³-hybridized carbons (Fsp3) is 0.464. The average molecular weight is 535 g/mol. The van der Waals surface area contributed by atoms with Crippen LogP contribution in [0.3, 0.4) is 0 Å². The highest BCUT2D eigenvalue weighted by molar-refractivity contribution is 6.01. The molecule has 0 spiro atoms. The smallest absolute Gasteiger partial charge is 0.336 e. The number of halogens is 1. The van der Waals surface area contributed by atoms with E-state index in [0.29, 0.717) is 58.8 Å². The maximum absolute atomic E-state index is 13.4. The highest BCUT2D eigenvalue weighted by Crippen LogP contribution is 2.41. The van der Waals surface area contributed by atoms with Crippen molar-refractivity contribution >= 4 is 36.4 Å². The zero-order valence-corrected chi connectivity index (χ0v) is 23.4. The molecule has 204 valence electrons. The van der Waals surface area contributed by atoms with Crippen molar-refractivity contribution in [2.24, 2.45) is 0 Å². The predicted octanol–water partition coefficient (Wildman–Crippen LogP) is 4.42. The van der Waals surface area contributed by atoms with Crippen molar-refractivity contribution in [3.05, 3.63) is 63.5 Å². The summed E-state index contributed by atoms with van der Waals surface area (Å²) in [5, 5.41) is 6.49. The van der Waals surface area contributed by atoms with E-state index in [1.807, 2.05) is 38.1 Å². The van der Waals surface area contributed by atoms with Gasteiger partial charge in [-0.15, -0.1) is 12.4 Å². The third-order valence-corrected chi connectivity index (χ3v) is 5.74. The second-order valence-corrected chi connectivity index (χ2v) is 8.08. The van der Waals surface area contributed by atoms with E-state index < -0.39 is 23.8 Å². The Kier molecular flexibility index (Phi) is 13.7. The number of dihydropyridines is 1. The Morgan fingerprint density at radius 1 is 0.919 bits per heavy atom. The van der Waals surface area contributed by atoms with Crippen LogP contribution < -0.4 is 10.6 Å². The molecule has 0 aliphatic carbocycles. The molecule has 9 heteroatoms. The molecule has 8 nitrogen and oxygen atoms in total. The van der Waals surface area contributed by atoms with Gasteiger partial charge in [0.2, 0.25) is 0 Å². The molecule has 0 radical (unpaired) electrons. The Bertz CT molecular complexity index is 1060. The van der Waals surface area contributed by atoms with Crippen LogP contribution in [0.5, 0.6) is 0 Å². The quantitative estimate of drug-likeness (QED) is 0.231. The molecule has 1 aliphatic rings. The van der Waals surface area contributed by atoms with Crippen LogP contribution in [-0.2, 0) is 28.6 Å². The van der Waals surface area contributed by atoms with Crippen LogP contribution in [0.25, 0.3) is 6.08 Å². The Labute approximate surface area is 225 Å². The van der Waals surface area contributed by atoms with Crippen LogP contribution in [0.15, 0.2) is 52.4 Å². The number of benzene rings is 1. The van der Waals surface area contributed by atoms with E-state index in [1.165, 1.54) is 0 Å². The third-order valence-electron chi connectivity index (χ3n) is 5.74. The molecule has 1 heterocycles. The van der Waals surface area contributed by atoms with Gasteiger partial charge in [-0.3, -0.25) is 0 Å². The number of allylic oxidation sites excluding steroid dienone is 1. The summed E-state index contributed by atoms with van der Waals surface area (Å²) >= 11 is 0. The number of carbonyl (C=O) groups excluding carboxylic acids is 3. The first-order valence-corrected chi connectivity index (χ1v) is 12.6. The van der Waals surface area contributed by atoms with Crippen molar-refractivity contribution in [2.75, 3.05) is 32.9 Å². The molecule has 0 fully saturated rings. The van der Waals surface area contributed by atoms with Crippen LogP contribution in [0, 0.1) is 0 Å². The molecule has 0 aromatic heterocycles. The molecule has 1 unspecified atom stereocenters. The molecular weight excluding hydrogens is 496 g/mol. The van der Waals surface area contributed by atoms with E-state index in [4.69, 9.17) is 14.2 Å². The second kappa shape index (κ2) is 15.9. The van der Waals surface area contributed by atoms with Gasteiger partial charge in [-0.1, -0.05) is 38.1 Å². The lowest BCUT2D eigenvalue weighted by atomic mass is 9.78. The first kappa shape index (κ1) is 31.9. The van der Waals surface area contributed by atoms with Gasteiger partial charge in [0, 0.05) is 23.5 Å². The minimum Gasteiger partial charge on any atom is -0.463 e. The first-order valence-electron chi connectivity index (χ1n) is 12.6. The maximum atomic E-state index is 13.4. The highest BCUT2D eigenvalue weighted by Gasteiger charge is 2.39. The van der Waals surface area contributed by atoms with Crippen molar-refractivity contribution in [1.82, 2.24) is 10.6 Å². The molecule has 2 rings (SSSR count). The number of hydrogen-bond acceptors (Lipinski definition) is 8.